The van der Waals surface area contributed by atoms with E-state index >= 15 is 0 Å². The largest absolute Gasteiger partial charge is 0.344 e. The van der Waals surface area contributed by atoms with Crippen molar-refractivity contribution in [2.45, 2.75) is 13.0 Å². The van der Waals surface area contributed by atoms with Crippen molar-refractivity contribution in [2.24, 2.45) is 0 Å². The number of benzene rings is 1. The average Bonchev–Trinajstić information content (AvgIpc) is 2.38. The first-order valence-corrected chi connectivity index (χ1v) is 5.74. The Kier molecular flexibility index (Phi) is 3.85. The summed E-state index contributed by atoms with van der Waals surface area (Å²) in [6.07, 6.45) is 1.61. The molecule has 0 saturated heterocycles. The van der Waals surface area contributed by atoms with Crippen LogP contribution >= 0.6 is 0 Å². The van der Waals surface area contributed by atoms with Crippen LogP contribution in [0.4, 0.5) is 8.78 Å². The molecule has 2 rings (SSSR count). The van der Waals surface area contributed by atoms with Crippen LogP contribution in [0.15, 0.2) is 42.6 Å². The zero-order valence-corrected chi connectivity index (χ0v) is 10.2. The van der Waals surface area contributed by atoms with Crippen molar-refractivity contribution in [3.8, 4) is 0 Å². The predicted molar refractivity (Wildman–Crippen MR) is 66.5 cm³/mol. The maximum absolute atomic E-state index is 13.0. The molecule has 0 unspecified atom stereocenters. The normalized spacial score (nSPS) is 11.9. The molecule has 0 spiro atoms. The molecule has 19 heavy (non-hydrogen) atoms. The lowest BCUT2D eigenvalue weighted by molar-refractivity contribution is 0.0938. The number of pyridine rings is 1. The molecule has 0 bridgehead atoms. The fraction of sp³-hybridized carbons (Fsp3) is 0.143. The molecule has 3 nitrogen and oxygen atoms in total. The Labute approximate surface area is 109 Å². The topological polar surface area (TPSA) is 42.0 Å². The Morgan fingerprint density at radius 1 is 1.21 bits per heavy atom. The monoisotopic (exact) mass is 262 g/mol. The molecule has 1 heterocycles. The number of nitrogens with zero attached hydrogens (tertiary/aromatic N) is 1. The van der Waals surface area contributed by atoms with Crippen LogP contribution in [0.2, 0.25) is 0 Å². The van der Waals surface area contributed by atoms with Gasteiger partial charge >= 0.3 is 0 Å². The van der Waals surface area contributed by atoms with Crippen LogP contribution in [0, 0.1) is 11.6 Å². The molecule has 0 fully saturated rings. The first kappa shape index (κ1) is 13.1. The summed E-state index contributed by atoms with van der Waals surface area (Å²) < 4.78 is 26.0. The van der Waals surface area contributed by atoms with Crippen LogP contribution in [0.25, 0.3) is 0 Å². The van der Waals surface area contributed by atoms with Crippen LogP contribution in [0.5, 0.6) is 0 Å². The van der Waals surface area contributed by atoms with Crippen LogP contribution < -0.4 is 5.32 Å². The van der Waals surface area contributed by atoms with Crippen molar-refractivity contribution >= 4 is 5.91 Å². The molecule has 0 aliphatic heterocycles. The smallest absolute Gasteiger partial charge is 0.252 e. The summed E-state index contributed by atoms with van der Waals surface area (Å²) >= 11 is 0. The number of hydrogen-bond acceptors (Lipinski definition) is 2. The van der Waals surface area contributed by atoms with E-state index in [0.29, 0.717) is 5.69 Å². The number of halogens is 2. The highest BCUT2D eigenvalue weighted by Crippen LogP contribution is 2.12. The molecule has 98 valence electrons. The van der Waals surface area contributed by atoms with Gasteiger partial charge in [0.1, 0.15) is 11.6 Å². The van der Waals surface area contributed by atoms with Gasteiger partial charge in [-0.2, -0.15) is 0 Å². The second-order valence-electron chi connectivity index (χ2n) is 4.11. The highest BCUT2D eigenvalue weighted by atomic mass is 19.1. The standard InChI is InChI=1S/C14H12F2N2O/c1-9(13-4-2-3-5-17-13)18-14(19)10-6-11(15)8-12(16)7-10/h2-9H,1H3,(H,18,19)/t9-/m1/s1. The van der Waals surface area contributed by atoms with E-state index in [1.54, 1.807) is 31.3 Å². The van der Waals surface area contributed by atoms with Gasteiger partial charge in [0.25, 0.3) is 5.91 Å². The Morgan fingerprint density at radius 2 is 1.89 bits per heavy atom. The van der Waals surface area contributed by atoms with Gasteiger partial charge in [-0.15, -0.1) is 0 Å². The minimum atomic E-state index is -0.782. The lowest BCUT2D eigenvalue weighted by Gasteiger charge is -2.13. The first-order chi connectivity index (χ1) is 9.06. The summed E-state index contributed by atoms with van der Waals surface area (Å²) in [7, 11) is 0. The van der Waals surface area contributed by atoms with E-state index in [-0.39, 0.29) is 11.6 Å². The van der Waals surface area contributed by atoms with E-state index in [1.165, 1.54) is 0 Å². The number of carbonyl (C=O) groups is 1. The number of amides is 1. The van der Waals surface area contributed by atoms with Crippen LogP contribution in [0.1, 0.15) is 29.0 Å². The summed E-state index contributed by atoms with van der Waals surface area (Å²) in [5.41, 5.74) is 0.619. The van der Waals surface area contributed by atoms with Gasteiger partial charge in [0.05, 0.1) is 11.7 Å². The fourth-order valence-corrected chi connectivity index (χ4v) is 1.67. The van der Waals surface area contributed by atoms with Gasteiger partial charge < -0.3 is 5.32 Å². The number of rotatable bonds is 3. The molecule has 1 atom stereocenters. The van der Waals surface area contributed by atoms with E-state index in [4.69, 9.17) is 0 Å². The van der Waals surface area contributed by atoms with Crippen molar-refractivity contribution < 1.29 is 13.6 Å². The maximum Gasteiger partial charge on any atom is 0.252 e. The lowest BCUT2D eigenvalue weighted by atomic mass is 10.1. The van der Waals surface area contributed by atoms with E-state index in [1.807, 2.05) is 0 Å². The van der Waals surface area contributed by atoms with Crippen LogP contribution in [0.3, 0.4) is 0 Å². The van der Waals surface area contributed by atoms with Crippen molar-refractivity contribution in [3.05, 3.63) is 65.5 Å². The highest BCUT2D eigenvalue weighted by molar-refractivity contribution is 5.94. The van der Waals surface area contributed by atoms with Crippen molar-refractivity contribution in [1.29, 1.82) is 0 Å². The fourth-order valence-electron chi connectivity index (χ4n) is 1.67. The van der Waals surface area contributed by atoms with Gasteiger partial charge in [0, 0.05) is 17.8 Å². The summed E-state index contributed by atoms with van der Waals surface area (Å²) in [4.78, 5) is 16.0. The molecule has 2 aromatic rings. The minimum absolute atomic E-state index is 0.0553. The van der Waals surface area contributed by atoms with Gasteiger partial charge in [-0.1, -0.05) is 6.07 Å². The van der Waals surface area contributed by atoms with Crippen molar-refractivity contribution in [2.75, 3.05) is 0 Å². The average molecular weight is 262 g/mol. The Hall–Kier alpha value is -2.30. The van der Waals surface area contributed by atoms with Gasteiger partial charge in [-0.3, -0.25) is 9.78 Å². The second-order valence-corrected chi connectivity index (χ2v) is 4.11. The van der Waals surface area contributed by atoms with Crippen LogP contribution in [-0.4, -0.2) is 10.9 Å². The third-order valence-corrected chi connectivity index (χ3v) is 2.60. The van der Waals surface area contributed by atoms with E-state index < -0.39 is 17.5 Å². The zero-order valence-electron chi connectivity index (χ0n) is 10.2. The molecule has 0 saturated carbocycles. The molecule has 1 N–H and O–H groups in total. The molecule has 0 aliphatic carbocycles. The van der Waals surface area contributed by atoms with Crippen LogP contribution in [-0.2, 0) is 0 Å². The quantitative estimate of drug-likeness (QED) is 0.924. The second kappa shape index (κ2) is 5.56. The van der Waals surface area contributed by atoms with Gasteiger partial charge in [-0.05, 0) is 31.2 Å². The molecule has 1 aromatic heterocycles. The zero-order chi connectivity index (χ0) is 13.8. The first-order valence-electron chi connectivity index (χ1n) is 5.74. The Bertz CT molecular complexity index is 567. The minimum Gasteiger partial charge on any atom is -0.344 e. The molecular formula is C14H12F2N2O. The molecule has 1 amide bonds. The molecule has 0 aliphatic rings. The lowest BCUT2D eigenvalue weighted by Crippen LogP contribution is -2.27. The summed E-state index contributed by atoms with van der Waals surface area (Å²) in [5, 5.41) is 2.63. The SMILES string of the molecule is C[C@@H](NC(=O)c1cc(F)cc(F)c1)c1ccccn1. The van der Waals surface area contributed by atoms with Gasteiger partial charge in [-0.25, -0.2) is 8.78 Å². The molecular weight excluding hydrogens is 250 g/mol. The van der Waals surface area contributed by atoms with Gasteiger partial charge in [0.15, 0.2) is 0 Å². The van der Waals surface area contributed by atoms with E-state index in [9.17, 15) is 13.6 Å². The predicted octanol–water partition coefficient (Wildman–Crippen LogP) is 2.85. The third-order valence-electron chi connectivity index (χ3n) is 2.60. The number of hydrogen-bond donors (Lipinski definition) is 1. The van der Waals surface area contributed by atoms with E-state index in [0.717, 1.165) is 18.2 Å². The number of carbonyl (C=O) groups excluding carboxylic acids is 1. The Morgan fingerprint density at radius 3 is 2.47 bits per heavy atom. The molecule has 5 heteroatoms. The van der Waals surface area contributed by atoms with Gasteiger partial charge in [0.2, 0.25) is 0 Å². The number of nitrogens with one attached hydrogen (secondary N) is 1. The highest BCUT2D eigenvalue weighted by Gasteiger charge is 2.13. The third kappa shape index (κ3) is 3.34. The Balaban J connectivity index is 2.13. The molecule has 1 aromatic carbocycles. The van der Waals surface area contributed by atoms with Crippen molar-refractivity contribution in [1.82, 2.24) is 10.3 Å². The van der Waals surface area contributed by atoms with E-state index in [2.05, 4.69) is 10.3 Å². The summed E-state index contributed by atoms with van der Waals surface area (Å²) in [6, 6.07) is 7.68. The maximum atomic E-state index is 13.0. The summed E-state index contributed by atoms with van der Waals surface area (Å²) in [5.74, 6) is -2.11. The molecule has 0 radical (unpaired) electrons. The number of aromatic nitrogens is 1. The summed E-state index contributed by atoms with van der Waals surface area (Å²) in [6.45, 7) is 1.75. The van der Waals surface area contributed by atoms with Crippen molar-refractivity contribution in [3.63, 3.8) is 0 Å².